The summed E-state index contributed by atoms with van der Waals surface area (Å²) in [7, 11) is 2.59. The molecule has 0 radical (unpaired) electrons. The predicted octanol–water partition coefficient (Wildman–Crippen LogP) is 7.95. The van der Waals surface area contributed by atoms with Gasteiger partial charge in [-0.25, -0.2) is 19.6 Å². The molecule has 2 fully saturated rings. The van der Waals surface area contributed by atoms with Crippen LogP contribution >= 0.6 is 11.3 Å². The number of H-pyrrole nitrogens is 2. The fraction of sp³-hybridized carbons (Fsp3) is 0.409. The number of carbonyl (C=O) groups excluding carboxylic acids is 4. The Morgan fingerprint density at radius 2 is 1.00 bits per heavy atom. The Bertz CT molecular complexity index is 2110. The number of hydrogen-bond acceptors (Lipinski definition) is 9. The number of carbonyl (C=O) groups is 4. The molecule has 2 saturated heterocycles. The lowest BCUT2D eigenvalue weighted by Crippen LogP contribution is -2.51. The molecule has 3 aromatic heterocycles. The van der Waals surface area contributed by atoms with Gasteiger partial charge in [0.2, 0.25) is 11.8 Å². The normalized spacial score (nSPS) is 17.6. The average Bonchev–Trinajstić information content (AvgIpc) is 4.10. The van der Waals surface area contributed by atoms with Crippen LogP contribution in [0.4, 0.5) is 9.59 Å². The van der Waals surface area contributed by atoms with E-state index in [1.54, 1.807) is 11.3 Å². The SMILES string of the molecule is COC(=O)N[C@H](C(=O)N1CCC[C@H]1c1ncc(-c2ccc(-c3ccc(-c4ccc(-c5cnc([C@@H]6CCCN6C(=O)[C@@H](NC(=O)OC)C(C)C)[nH]5)cc4)s3)cc2)[nH]1)C(C)C. The molecular weight excluding hydrogens is 769 g/mol. The number of hydrogen-bond donors (Lipinski definition) is 4. The van der Waals surface area contributed by atoms with Gasteiger partial charge in [0.15, 0.2) is 0 Å². The van der Waals surface area contributed by atoms with Crippen molar-refractivity contribution < 1.29 is 28.7 Å². The van der Waals surface area contributed by atoms with Crippen molar-refractivity contribution in [3.05, 3.63) is 84.7 Å². The van der Waals surface area contributed by atoms with E-state index in [-0.39, 0.29) is 35.7 Å². The summed E-state index contributed by atoms with van der Waals surface area (Å²) in [5.41, 5.74) is 5.95. The summed E-state index contributed by atoms with van der Waals surface area (Å²) < 4.78 is 9.52. The number of aromatic nitrogens is 4. The number of rotatable bonds is 12. The molecular formula is C44H52N8O6S. The summed E-state index contributed by atoms with van der Waals surface area (Å²) >= 11 is 1.73. The van der Waals surface area contributed by atoms with Crippen molar-refractivity contribution >= 4 is 35.3 Å². The van der Waals surface area contributed by atoms with Crippen molar-refractivity contribution in [2.24, 2.45) is 11.8 Å². The van der Waals surface area contributed by atoms with Gasteiger partial charge in [0.1, 0.15) is 23.7 Å². The molecule has 2 aromatic carbocycles. The summed E-state index contributed by atoms with van der Waals surface area (Å²) in [6.45, 7) is 8.82. The van der Waals surface area contributed by atoms with Crippen molar-refractivity contribution in [3.63, 3.8) is 0 Å². The van der Waals surface area contributed by atoms with Gasteiger partial charge in [0.05, 0.1) is 50.1 Å². The third kappa shape index (κ3) is 8.89. The number of benzene rings is 2. The summed E-state index contributed by atoms with van der Waals surface area (Å²) in [6, 6.07) is 19.3. The highest BCUT2D eigenvalue weighted by molar-refractivity contribution is 7.18. The van der Waals surface area contributed by atoms with Crippen molar-refractivity contribution in [2.75, 3.05) is 27.3 Å². The van der Waals surface area contributed by atoms with Gasteiger partial charge < -0.3 is 39.9 Å². The number of alkyl carbamates (subject to hydrolysis) is 2. The maximum Gasteiger partial charge on any atom is 0.407 e. The first-order valence-corrected chi connectivity index (χ1v) is 21.0. The monoisotopic (exact) mass is 820 g/mol. The standard InChI is InChI=1S/C44H52N8O6S/c1-25(2)37(49-43(55)57-5)41(53)51-21-7-9-33(51)39-45-23-31(47-39)27-11-15-29(16-12-27)35-19-20-36(59-35)30-17-13-28(14-18-30)32-24-46-40(48-32)34-10-8-22-52(34)42(54)38(26(3)4)50-44(56)58-6/h11-20,23-26,33-34,37-38H,7-10,21-22H2,1-6H3,(H,45,47)(H,46,48)(H,49,55)(H,50,56)/t33-,34-,37-,38-/m0/s1. The molecule has 2 aliphatic rings. The molecule has 0 spiro atoms. The van der Waals surface area contributed by atoms with E-state index in [9.17, 15) is 19.2 Å². The number of aromatic amines is 2. The fourth-order valence-electron chi connectivity index (χ4n) is 7.97. The zero-order valence-corrected chi connectivity index (χ0v) is 35.1. The van der Waals surface area contributed by atoms with Crippen LogP contribution in [-0.2, 0) is 19.1 Å². The van der Waals surface area contributed by atoms with E-state index in [0.29, 0.717) is 13.1 Å². The molecule has 0 unspecified atom stereocenters. The van der Waals surface area contributed by atoms with Crippen LogP contribution in [0.25, 0.3) is 43.4 Å². The summed E-state index contributed by atoms with van der Waals surface area (Å²) in [4.78, 5) is 73.2. The van der Waals surface area contributed by atoms with Crippen LogP contribution < -0.4 is 10.6 Å². The van der Waals surface area contributed by atoms with E-state index in [0.717, 1.165) is 80.7 Å². The van der Waals surface area contributed by atoms with Crippen LogP contribution in [0.2, 0.25) is 0 Å². The zero-order chi connectivity index (χ0) is 41.8. The van der Waals surface area contributed by atoms with Gasteiger partial charge in [-0.15, -0.1) is 11.3 Å². The Hall–Kier alpha value is -5.96. The van der Waals surface area contributed by atoms with Gasteiger partial charge in [-0.1, -0.05) is 76.2 Å². The molecule has 0 aliphatic carbocycles. The lowest BCUT2D eigenvalue weighted by molar-refractivity contribution is -0.136. The second kappa shape index (κ2) is 17.9. The first-order valence-electron chi connectivity index (χ1n) is 20.2. The Kier molecular flexibility index (Phi) is 12.5. The lowest BCUT2D eigenvalue weighted by atomic mass is 10.0. The average molecular weight is 821 g/mol. The van der Waals surface area contributed by atoms with Crippen LogP contribution in [0.5, 0.6) is 0 Å². The minimum atomic E-state index is -0.684. The molecule has 14 nitrogen and oxygen atoms in total. The minimum absolute atomic E-state index is 0.102. The first-order chi connectivity index (χ1) is 28.4. The van der Waals surface area contributed by atoms with Gasteiger partial charge in [0, 0.05) is 22.8 Å². The second-order valence-corrected chi connectivity index (χ2v) is 16.9. The van der Waals surface area contributed by atoms with Crippen molar-refractivity contribution in [1.29, 1.82) is 0 Å². The van der Waals surface area contributed by atoms with Gasteiger partial charge in [-0.05, 0) is 71.9 Å². The molecule has 5 heterocycles. The van der Waals surface area contributed by atoms with E-state index in [4.69, 9.17) is 9.47 Å². The largest absolute Gasteiger partial charge is 0.453 e. The number of methoxy groups -OCH3 is 2. The smallest absolute Gasteiger partial charge is 0.407 e. The molecule has 2 aliphatic heterocycles. The number of likely N-dealkylation sites (tertiary alicyclic amines) is 2. The highest BCUT2D eigenvalue weighted by atomic mass is 32.1. The van der Waals surface area contributed by atoms with E-state index in [1.807, 2.05) is 49.9 Å². The Balaban J connectivity index is 0.989. The van der Waals surface area contributed by atoms with E-state index in [2.05, 4.69) is 91.2 Å². The minimum Gasteiger partial charge on any atom is -0.453 e. The highest BCUT2D eigenvalue weighted by Crippen LogP contribution is 2.38. The van der Waals surface area contributed by atoms with Gasteiger partial charge in [0.25, 0.3) is 0 Å². The molecule has 59 heavy (non-hydrogen) atoms. The maximum atomic E-state index is 13.6. The number of thiophene rings is 1. The maximum absolute atomic E-state index is 13.6. The van der Waals surface area contributed by atoms with Crippen molar-refractivity contribution in [2.45, 2.75) is 77.5 Å². The number of nitrogens with one attached hydrogen (secondary N) is 4. The van der Waals surface area contributed by atoms with Crippen LogP contribution in [-0.4, -0.2) is 93.1 Å². The molecule has 7 rings (SSSR count). The zero-order valence-electron chi connectivity index (χ0n) is 34.3. The fourth-order valence-corrected chi connectivity index (χ4v) is 8.98. The third-order valence-corrected chi connectivity index (χ3v) is 12.4. The Labute approximate surface area is 348 Å². The molecule has 4 N–H and O–H groups in total. The van der Waals surface area contributed by atoms with Crippen LogP contribution in [0, 0.1) is 11.8 Å². The second-order valence-electron chi connectivity index (χ2n) is 15.8. The van der Waals surface area contributed by atoms with E-state index in [1.165, 1.54) is 14.2 Å². The molecule has 0 saturated carbocycles. The van der Waals surface area contributed by atoms with Gasteiger partial charge in [-0.2, -0.15) is 0 Å². The van der Waals surface area contributed by atoms with Crippen molar-refractivity contribution in [1.82, 2.24) is 40.4 Å². The molecule has 15 heteroatoms. The number of imidazole rings is 2. The molecule has 0 bridgehead atoms. The number of nitrogens with zero attached hydrogens (tertiary/aromatic N) is 4. The Morgan fingerprint density at radius 1 is 0.627 bits per heavy atom. The van der Waals surface area contributed by atoms with Crippen LogP contribution in [0.15, 0.2) is 73.1 Å². The van der Waals surface area contributed by atoms with E-state index >= 15 is 0 Å². The quantitative estimate of drug-likeness (QED) is 0.0981. The van der Waals surface area contributed by atoms with Crippen LogP contribution in [0.1, 0.15) is 77.1 Å². The number of amides is 4. The number of ether oxygens (including phenoxy) is 2. The van der Waals surface area contributed by atoms with Crippen LogP contribution in [0.3, 0.4) is 0 Å². The molecule has 5 aromatic rings. The van der Waals surface area contributed by atoms with Crippen molar-refractivity contribution in [3.8, 4) is 43.4 Å². The third-order valence-electron chi connectivity index (χ3n) is 11.2. The summed E-state index contributed by atoms with van der Waals surface area (Å²) in [5, 5.41) is 5.40. The van der Waals surface area contributed by atoms with Gasteiger partial charge in [-0.3, -0.25) is 9.59 Å². The highest BCUT2D eigenvalue weighted by Gasteiger charge is 2.39. The lowest BCUT2D eigenvalue weighted by Gasteiger charge is -2.30. The topological polar surface area (TPSA) is 175 Å². The van der Waals surface area contributed by atoms with Gasteiger partial charge >= 0.3 is 12.2 Å². The first kappa shape index (κ1) is 41.2. The summed E-state index contributed by atoms with van der Waals surface area (Å²) in [6.07, 6.45) is 5.67. The Morgan fingerprint density at radius 3 is 1.36 bits per heavy atom. The predicted molar refractivity (Wildman–Crippen MR) is 226 cm³/mol. The van der Waals surface area contributed by atoms with E-state index < -0.39 is 24.3 Å². The molecule has 310 valence electrons. The molecule has 4 amide bonds. The summed E-state index contributed by atoms with van der Waals surface area (Å²) in [5.74, 6) is 0.991. The molecule has 4 atom stereocenters.